The quantitative estimate of drug-likeness (QED) is 0.768. The van der Waals surface area contributed by atoms with Crippen molar-refractivity contribution < 1.29 is 9.50 Å². The molecule has 2 aromatic carbocycles. The molecule has 0 radical (unpaired) electrons. The molecule has 2 aromatic rings. The fourth-order valence-electron chi connectivity index (χ4n) is 1.77. The van der Waals surface area contributed by atoms with Gasteiger partial charge in [0.05, 0.1) is 0 Å². The van der Waals surface area contributed by atoms with Gasteiger partial charge in [-0.05, 0) is 48.7 Å². The minimum atomic E-state index is -0.240. The summed E-state index contributed by atoms with van der Waals surface area (Å²) in [6.45, 7) is 3.67. The number of aromatic hydroxyl groups is 1. The Morgan fingerprint density at radius 3 is 2.31 bits per heavy atom. The maximum atomic E-state index is 13.6. The van der Waals surface area contributed by atoms with Crippen LogP contribution in [0.4, 0.5) is 4.39 Å². The molecule has 0 saturated carbocycles. The van der Waals surface area contributed by atoms with E-state index >= 15 is 0 Å². The first-order valence-electron chi connectivity index (χ1n) is 5.14. The largest absolute Gasteiger partial charge is 0.508 e. The second-order valence-electron chi connectivity index (χ2n) is 3.93. The molecule has 0 aliphatic rings. The van der Waals surface area contributed by atoms with Gasteiger partial charge in [0, 0.05) is 5.56 Å². The van der Waals surface area contributed by atoms with Crippen LogP contribution in [0.1, 0.15) is 11.1 Å². The zero-order valence-corrected chi connectivity index (χ0v) is 9.29. The Morgan fingerprint density at radius 1 is 0.938 bits per heavy atom. The lowest BCUT2D eigenvalue weighted by Gasteiger charge is -2.09. The Labute approximate surface area is 94.2 Å². The van der Waals surface area contributed by atoms with Crippen LogP contribution in [0.25, 0.3) is 11.1 Å². The van der Waals surface area contributed by atoms with Crippen LogP contribution in [0.5, 0.6) is 5.75 Å². The summed E-state index contributed by atoms with van der Waals surface area (Å²) in [6, 6.07) is 10.1. The number of rotatable bonds is 1. The summed E-state index contributed by atoms with van der Waals surface area (Å²) >= 11 is 0. The SMILES string of the molecule is Cc1cc(-c2ccccc2F)c(C)cc1O. The second kappa shape index (κ2) is 3.97. The number of phenolic OH excluding ortho intramolecular Hbond substituents is 1. The van der Waals surface area contributed by atoms with Gasteiger partial charge in [0.2, 0.25) is 0 Å². The fraction of sp³-hybridized carbons (Fsp3) is 0.143. The third-order valence-corrected chi connectivity index (χ3v) is 2.71. The van der Waals surface area contributed by atoms with Crippen LogP contribution < -0.4 is 0 Å². The number of halogens is 1. The summed E-state index contributed by atoms with van der Waals surface area (Å²) in [6.07, 6.45) is 0. The average molecular weight is 216 g/mol. The molecule has 0 amide bonds. The summed E-state index contributed by atoms with van der Waals surface area (Å²) in [7, 11) is 0. The van der Waals surface area contributed by atoms with Crippen molar-refractivity contribution in [1.82, 2.24) is 0 Å². The lowest BCUT2D eigenvalue weighted by atomic mass is 9.97. The maximum absolute atomic E-state index is 13.6. The van der Waals surface area contributed by atoms with Crippen molar-refractivity contribution in [3.8, 4) is 16.9 Å². The van der Waals surface area contributed by atoms with E-state index in [1.54, 1.807) is 31.2 Å². The number of aryl methyl sites for hydroxylation is 2. The molecule has 1 N–H and O–H groups in total. The van der Waals surface area contributed by atoms with Crippen LogP contribution in [-0.2, 0) is 0 Å². The number of hydrogen-bond donors (Lipinski definition) is 1. The number of phenols is 1. The van der Waals surface area contributed by atoms with Crippen molar-refractivity contribution in [2.45, 2.75) is 13.8 Å². The lowest BCUT2D eigenvalue weighted by molar-refractivity contribution is 0.471. The first kappa shape index (κ1) is 10.7. The van der Waals surface area contributed by atoms with Gasteiger partial charge >= 0.3 is 0 Å². The molecule has 2 rings (SSSR count). The van der Waals surface area contributed by atoms with Crippen LogP contribution in [0, 0.1) is 19.7 Å². The van der Waals surface area contributed by atoms with Gasteiger partial charge in [0.15, 0.2) is 0 Å². The standard InChI is InChI=1S/C14H13FO/c1-9-8-14(16)10(2)7-12(9)11-5-3-4-6-13(11)15/h3-8,16H,1-2H3. The molecule has 16 heavy (non-hydrogen) atoms. The van der Waals surface area contributed by atoms with Crippen LogP contribution >= 0.6 is 0 Å². The summed E-state index contributed by atoms with van der Waals surface area (Å²) in [5.41, 5.74) is 3.02. The van der Waals surface area contributed by atoms with Gasteiger partial charge in [-0.3, -0.25) is 0 Å². The highest BCUT2D eigenvalue weighted by molar-refractivity contribution is 5.69. The fourth-order valence-corrected chi connectivity index (χ4v) is 1.77. The Balaban J connectivity index is 2.65. The van der Waals surface area contributed by atoms with E-state index in [1.165, 1.54) is 6.07 Å². The second-order valence-corrected chi connectivity index (χ2v) is 3.93. The smallest absolute Gasteiger partial charge is 0.131 e. The predicted molar refractivity (Wildman–Crippen MR) is 63.0 cm³/mol. The minimum Gasteiger partial charge on any atom is -0.508 e. The van der Waals surface area contributed by atoms with Gasteiger partial charge in [-0.1, -0.05) is 18.2 Å². The lowest BCUT2D eigenvalue weighted by Crippen LogP contribution is -1.89. The Morgan fingerprint density at radius 2 is 1.62 bits per heavy atom. The van der Waals surface area contributed by atoms with Gasteiger partial charge in [0.1, 0.15) is 11.6 Å². The van der Waals surface area contributed by atoms with E-state index in [0.29, 0.717) is 5.56 Å². The minimum absolute atomic E-state index is 0.240. The molecule has 0 aliphatic carbocycles. The number of benzene rings is 2. The van der Waals surface area contributed by atoms with Crippen molar-refractivity contribution in [3.63, 3.8) is 0 Å². The molecular formula is C14H13FO. The highest BCUT2D eigenvalue weighted by Gasteiger charge is 2.09. The highest BCUT2D eigenvalue weighted by Crippen LogP contribution is 2.30. The third-order valence-electron chi connectivity index (χ3n) is 2.71. The molecular weight excluding hydrogens is 203 g/mol. The van der Waals surface area contributed by atoms with E-state index in [1.807, 2.05) is 13.0 Å². The molecule has 2 heteroatoms. The van der Waals surface area contributed by atoms with Crippen molar-refractivity contribution in [2.75, 3.05) is 0 Å². The Kier molecular flexibility index (Phi) is 2.65. The van der Waals surface area contributed by atoms with Crippen molar-refractivity contribution in [3.05, 3.63) is 53.3 Å². The van der Waals surface area contributed by atoms with E-state index in [0.717, 1.165) is 16.7 Å². The van der Waals surface area contributed by atoms with Crippen LogP contribution in [0.2, 0.25) is 0 Å². The van der Waals surface area contributed by atoms with Gasteiger partial charge in [-0.15, -0.1) is 0 Å². The molecule has 0 spiro atoms. The normalized spacial score (nSPS) is 10.4. The van der Waals surface area contributed by atoms with Crippen molar-refractivity contribution in [2.24, 2.45) is 0 Å². The molecule has 0 aromatic heterocycles. The van der Waals surface area contributed by atoms with Gasteiger partial charge < -0.3 is 5.11 Å². The molecule has 0 heterocycles. The van der Waals surface area contributed by atoms with Gasteiger partial charge in [0.25, 0.3) is 0 Å². The van der Waals surface area contributed by atoms with Crippen molar-refractivity contribution in [1.29, 1.82) is 0 Å². The zero-order valence-electron chi connectivity index (χ0n) is 9.29. The van der Waals surface area contributed by atoms with E-state index in [4.69, 9.17) is 0 Å². The zero-order chi connectivity index (χ0) is 11.7. The molecule has 0 fully saturated rings. The van der Waals surface area contributed by atoms with Crippen LogP contribution in [0.3, 0.4) is 0 Å². The van der Waals surface area contributed by atoms with Crippen molar-refractivity contribution >= 4 is 0 Å². The Hall–Kier alpha value is -1.83. The maximum Gasteiger partial charge on any atom is 0.131 e. The summed E-state index contributed by atoms with van der Waals surface area (Å²) in [4.78, 5) is 0. The predicted octanol–water partition coefficient (Wildman–Crippen LogP) is 3.82. The molecule has 1 nitrogen and oxygen atoms in total. The average Bonchev–Trinajstić information content (AvgIpc) is 2.25. The third kappa shape index (κ3) is 1.78. The highest BCUT2D eigenvalue weighted by atomic mass is 19.1. The molecule has 0 atom stereocenters. The number of hydrogen-bond acceptors (Lipinski definition) is 1. The van der Waals surface area contributed by atoms with Crippen LogP contribution in [0.15, 0.2) is 36.4 Å². The summed E-state index contributed by atoms with van der Waals surface area (Å²) in [5, 5.41) is 9.55. The molecule has 0 aliphatic heterocycles. The van der Waals surface area contributed by atoms with E-state index < -0.39 is 0 Å². The molecule has 0 bridgehead atoms. The van der Waals surface area contributed by atoms with E-state index in [9.17, 15) is 9.50 Å². The summed E-state index contributed by atoms with van der Waals surface area (Å²) < 4.78 is 13.6. The molecule has 82 valence electrons. The van der Waals surface area contributed by atoms with Crippen LogP contribution in [-0.4, -0.2) is 5.11 Å². The summed E-state index contributed by atoms with van der Waals surface area (Å²) in [5.74, 6) is 0.00767. The van der Waals surface area contributed by atoms with Gasteiger partial charge in [-0.2, -0.15) is 0 Å². The topological polar surface area (TPSA) is 20.2 Å². The monoisotopic (exact) mass is 216 g/mol. The Bertz CT molecular complexity index is 532. The van der Waals surface area contributed by atoms with Gasteiger partial charge in [-0.25, -0.2) is 4.39 Å². The van der Waals surface area contributed by atoms with E-state index in [-0.39, 0.29) is 11.6 Å². The first-order valence-corrected chi connectivity index (χ1v) is 5.14. The molecule has 0 unspecified atom stereocenters. The first-order chi connectivity index (χ1) is 7.59. The van der Waals surface area contributed by atoms with E-state index in [2.05, 4.69) is 0 Å². The molecule has 0 saturated heterocycles.